The second-order valence-electron chi connectivity index (χ2n) is 6.21. The maximum atomic E-state index is 12.1. The fourth-order valence-electron chi connectivity index (χ4n) is 3.37. The lowest BCUT2D eigenvalue weighted by Gasteiger charge is -2.16. The molecule has 1 aliphatic rings. The van der Waals surface area contributed by atoms with Gasteiger partial charge in [0.25, 0.3) is 0 Å². The van der Waals surface area contributed by atoms with Crippen LogP contribution in [0.3, 0.4) is 0 Å². The highest BCUT2D eigenvalue weighted by atomic mass is 16.1. The van der Waals surface area contributed by atoms with Crippen LogP contribution in [0.25, 0.3) is 0 Å². The van der Waals surface area contributed by atoms with Crippen molar-refractivity contribution in [2.75, 3.05) is 6.54 Å². The molecule has 2 rings (SSSR count). The van der Waals surface area contributed by atoms with Gasteiger partial charge in [-0.3, -0.25) is 4.79 Å². The first-order chi connectivity index (χ1) is 10.2. The van der Waals surface area contributed by atoms with Crippen molar-refractivity contribution >= 4 is 5.91 Å². The second-order valence-corrected chi connectivity index (χ2v) is 6.21. The molecule has 1 aromatic rings. The van der Waals surface area contributed by atoms with Crippen LogP contribution in [-0.2, 0) is 17.6 Å². The van der Waals surface area contributed by atoms with Crippen molar-refractivity contribution in [3.8, 4) is 0 Å². The smallest absolute Gasteiger partial charge is 0.220 e. The topological polar surface area (TPSA) is 55.1 Å². The van der Waals surface area contributed by atoms with Crippen LogP contribution in [0.5, 0.6) is 0 Å². The molecule has 1 aromatic carbocycles. The summed E-state index contributed by atoms with van der Waals surface area (Å²) >= 11 is 0. The first kappa shape index (κ1) is 16.0. The Kier molecular flexibility index (Phi) is 6.24. The number of hydrogen-bond donors (Lipinski definition) is 2. The summed E-state index contributed by atoms with van der Waals surface area (Å²) in [6.07, 6.45) is 6.94. The molecule has 3 nitrogen and oxygen atoms in total. The van der Waals surface area contributed by atoms with E-state index in [0.717, 1.165) is 32.2 Å². The minimum atomic E-state index is 0.200. The van der Waals surface area contributed by atoms with Gasteiger partial charge in [0.15, 0.2) is 0 Å². The Balaban J connectivity index is 1.73. The van der Waals surface area contributed by atoms with Crippen LogP contribution < -0.4 is 11.1 Å². The van der Waals surface area contributed by atoms with E-state index in [-0.39, 0.29) is 11.9 Å². The Morgan fingerprint density at radius 3 is 2.48 bits per heavy atom. The summed E-state index contributed by atoms with van der Waals surface area (Å²) in [5, 5.41) is 3.20. The molecule has 0 bridgehead atoms. The van der Waals surface area contributed by atoms with Crippen molar-refractivity contribution in [3.63, 3.8) is 0 Å². The summed E-state index contributed by atoms with van der Waals surface area (Å²) in [6.45, 7) is 2.92. The molecule has 1 aliphatic carbocycles. The number of nitrogens with one attached hydrogen (secondary N) is 1. The zero-order valence-electron chi connectivity index (χ0n) is 13.1. The summed E-state index contributed by atoms with van der Waals surface area (Å²) in [5.41, 5.74) is 8.41. The monoisotopic (exact) mass is 288 g/mol. The highest BCUT2D eigenvalue weighted by molar-refractivity contribution is 5.76. The molecule has 1 atom stereocenters. The molecular formula is C18H28N2O. The average molecular weight is 288 g/mol. The van der Waals surface area contributed by atoms with E-state index in [1.165, 1.54) is 24.0 Å². The van der Waals surface area contributed by atoms with Gasteiger partial charge >= 0.3 is 0 Å². The van der Waals surface area contributed by atoms with E-state index in [2.05, 4.69) is 36.5 Å². The van der Waals surface area contributed by atoms with Gasteiger partial charge in [-0.15, -0.1) is 0 Å². The number of fused-ring (bicyclic) bond motifs is 1. The van der Waals surface area contributed by atoms with Gasteiger partial charge in [-0.25, -0.2) is 0 Å². The largest absolute Gasteiger partial charge is 0.353 e. The van der Waals surface area contributed by atoms with Gasteiger partial charge in [0.05, 0.1) is 0 Å². The van der Waals surface area contributed by atoms with Crippen molar-refractivity contribution in [3.05, 3.63) is 35.4 Å². The van der Waals surface area contributed by atoms with Crippen LogP contribution in [0.4, 0.5) is 0 Å². The third-order valence-corrected chi connectivity index (χ3v) is 4.47. The predicted molar refractivity (Wildman–Crippen MR) is 87.1 cm³/mol. The van der Waals surface area contributed by atoms with Gasteiger partial charge in [0.1, 0.15) is 0 Å². The Morgan fingerprint density at radius 2 is 1.90 bits per heavy atom. The van der Waals surface area contributed by atoms with E-state index in [1.54, 1.807) is 0 Å². The van der Waals surface area contributed by atoms with E-state index in [4.69, 9.17) is 5.73 Å². The van der Waals surface area contributed by atoms with Gasteiger partial charge in [-0.2, -0.15) is 0 Å². The molecule has 1 unspecified atom stereocenters. The summed E-state index contributed by atoms with van der Waals surface area (Å²) in [6, 6.07) is 8.77. The summed E-state index contributed by atoms with van der Waals surface area (Å²) in [5.74, 6) is 0.803. The number of amides is 1. The highest BCUT2D eigenvalue weighted by Gasteiger charge is 2.22. The summed E-state index contributed by atoms with van der Waals surface area (Å²) < 4.78 is 0. The van der Waals surface area contributed by atoms with E-state index >= 15 is 0 Å². The molecule has 3 N–H and O–H groups in total. The van der Waals surface area contributed by atoms with Crippen LogP contribution in [-0.4, -0.2) is 18.5 Å². The Bertz CT molecular complexity index is 427. The molecule has 0 heterocycles. The molecule has 116 valence electrons. The first-order valence-electron chi connectivity index (χ1n) is 8.29. The lowest BCUT2D eigenvalue weighted by Crippen LogP contribution is -2.35. The Labute approximate surface area is 128 Å². The van der Waals surface area contributed by atoms with Crippen molar-refractivity contribution in [2.24, 2.45) is 11.7 Å². The molecule has 1 amide bonds. The molecule has 0 saturated heterocycles. The van der Waals surface area contributed by atoms with Crippen LogP contribution in [0.15, 0.2) is 24.3 Å². The Morgan fingerprint density at radius 1 is 1.24 bits per heavy atom. The highest BCUT2D eigenvalue weighted by Crippen LogP contribution is 2.22. The number of hydrogen-bond acceptors (Lipinski definition) is 2. The van der Waals surface area contributed by atoms with E-state index < -0.39 is 0 Å². The zero-order valence-corrected chi connectivity index (χ0v) is 13.1. The van der Waals surface area contributed by atoms with Crippen molar-refractivity contribution in [2.45, 2.75) is 57.9 Å². The molecule has 0 aromatic heterocycles. The molecule has 21 heavy (non-hydrogen) atoms. The van der Waals surface area contributed by atoms with Gasteiger partial charge in [-0.1, -0.05) is 44.0 Å². The minimum absolute atomic E-state index is 0.200. The summed E-state index contributed by atoms with van der Waals surface area (Å²) in [4.78, 5) is 12.1. The quantitative estimate of drug-likeness (QED) is 0.773. The second kappa shape index (κ2) is 8.18. The molecule has 0 spiro atoms. The maximum absolute atomic E-state index is 12.1. The van der Waals surface area contributed by atoms with Gasteiger partial charge in [-0.05, 0) is 49.3 Å². The summed E-state index contributed by atoms with van der Waals surface area (Å²) in [7, 11) is 0. The van der Waals surface area contributed by atoms with Gasteiger partial charge in [0, 0.05) is 12.5 Å². The normalized spacial score (nSPS) is 15.7. The van der Waals surface area contributed by atoms with Crippen molar-refractivity contribution in [1.29, 1.82) is 0 Å². The van der Waals surface area contributed by atoms with E-state index in [1.807, 2.05) is 0 Å². The molecule has 0 fully saturated rings. The van der Waals surface area contributed by atoms with Crippen LogP contribution in [0.2, 0.25) is 0 Å². The number of carbonyl (C=O) groups excluding carboxylic acids is 1. The molecule has 3 heteroatoms. The third kappa shape index (κ3) is 4.85. The van der Waals surface area contributed by atoms with Crippen LogP contribution in [0.1, 0.15) is 50.2 Å². The minimum Gasteiger partial charge on any atom is -0.353 e. The lowest BCUT2D eigenvalue weighted by atomic mass is 9.94. The molecule has 0 radical (unpaired) electrons. The first-order valence-corrected chi connectivity index (χ1v) is 8.29. The fourth-order valence-corrected chi connectivity index (χ4v) is 3.37. The molecule has 0 aliphatic heterocycles. The third-order valence-electron chi connectivity index (χ3n) is 4.47. The van der Waals surface area contributed by atoms with E-state index in [9.17, 15) is 4.79 Å². The standard InChI is InChI=1S/C18H28N2O/c1-2-5-14(10-11-19)8-9-18(21)20-17-12-15-6-3-4-7-16(15)13-17/h3-4,6-7,14,17H,2,5,8-13,19H2,1H3,(H,20,21). The fraction of sp³-hybridized carbons (Fsp3) is 0.611. The molecular weight excluding hydrogens is 260 g/mol. The van der Waals surface area contributed by atoms with Crippen LogP contribution >= 0.6 is 0 Å². The van der Waals surface area contributed by atoms with Crippen molar-refractivity contribution < 1.29 is 4.79 Å². The number of nitrogens with two attached hydrogens (primary N) is 1. The lowest BCUT2D eigenvalue weighted by molar-refractivity contribution is -0.122. The van der Waals surface area contributed by atoms with Gasteiger partial charge < -0.3 is 11.1 Å². The van der Waals surface area contributed by atoms with Gasteiger partial charge in [0.2, 0.25) is 5.91 Å². The number of carbonyl (C=O) groups is 1. The molecule has 0 saturated carbocycles. The average Bonchev–Trinajstić information content (AvgIpc) is 2.87. The predicted octanol–water partition coefficient (Wildman–Crippen LogP) is 2.82. The zero-order chi connectivity index (χ0) is 15.1. The van der Waals surface area contributed by atoms with Crippen molar-refractivity contribution in [1.82, 2.24) is 5.32 Å². The van der Waals surface area contributed by atoms with E-state index in [0.29, 0.717) is 12.3 Å². The maximum Gasteiger partial charge on any atom is 0.220 e. The number of benzene rings is 1. The Hall–Kier alpha value is -1.35. The number of rotatable bonds is 8. The SMILES string of the molecule is CCCC(CCN)CCC(=O)NC1Cc2ccccc2C1. The van der Waals surface area contributed by atoms with Crippen LogP contribution in [0, 0.1) is 5.92 Å².